The second-order valence-electron chi connectivity index (χ2n) is 5.19. The monoisotopic (exact) mass is 263 g/mol. The van der Waals surface area contributed by atoms with Crippen molar-refractivity contribution in [3.63, 3.8) is 0 Å². The molecule has 1 aromatic rings. The van der Waals surface area contributed by atoms with E-state index < -0.39 is 0 Å². The molecule has 1 aliphatic carbocycles. The lowest BCUT2D eigenvalue weighted by Crippen LogP contribution is -2.06. The van der Waals surface area contributed by atoms with Gasteiger partial charge in [0.1, 0.15) is 5.82 Å². The molecule has 0 saturated heterocycles. The van der Waals surface area contributed by atoms with Crippen LogP contribution in [0.1, 0.15) is 55.4 Å². The minimum atomic E-state index is 0.852. The van der Waals surface area contributed by atoms with Crippen LogP contribution in [0.4, 0.5) is 0 Å². The molecule has 0 atom stereocenters. The van der Waals surface area contributed by atoms with Crippen LogP contribution in [0.5, 0.6) is 0 Å². The van der Waals surface area contributed by atoms with E-state index in [0.29, 0.717) is 0 Å². The van der Waals surface area contributed by atoms with Crippen molar-refractivity contribution in [2.24, 2.45) is 0 Å². The molecular weight excluding hydrogens is 242 g/mol. The average molecular weight is 263 g/mol. The van der Waals surface area contributed by atoms with E-state index >= 15 is 0 Å². The average Bonchev–Trinajstić information content (AvgIpc) is 3.06. The normalized spacial score (nSPS) is 19.4. The van der Waals surface area contributed by atoms with Gasteiger partial charge >= 0.3 is 0 Å². The van der Waals surface area contributed by atoms with Crippen LogP contribution in [-0.2, 0) is 25.3 Å². The molecule has 0 spiro atoms. The third-order valence-electron chi connectivity index (χ3n) is 3.90. The van der Waals surface area contributed by atoms with Gasteiger partial charge in [0.05, 0.1) is 11.4 Å². The van der Waals surface area contributed by atoms with Crippen LogP contribution in [0.25, 0.3) is 0 Å². The highest BCUT2D eigenvalue weighted by molar-refractivity contribution is 7.99. The number of thioether (sulfide) groups is 1. The molecule has 98 valence electrons. The number of hydrogen-bond acceptors (Lipinski definition) is 4. The van der Waals surface area contributed by atoms with Crippen molar-refractivity contribution in [2.75, 3.05) is 0 Å². The lowest BCUT2D eigenvalue weighted by atomic mass is 10.1. The first-order chi connectivity index (χ1) is 8.86. The number of rotatable bonds is 4. The van der Waals surface area contributed by atoms with Gasteiger partial charge in [0, 0.05) is 29.6 Å². The maximum atomic E-state index is 4.75. The van der Waals surface area contributed by atoms with Gasteiger partial charge in [0.15, 0.2) is 0 Å². The first kappa shape index (κ1) is 12.4. The van der Waals surface area contributed by atoms with E-state index in [4.69, 9.17) is 9.97 Å². The molecule has 0 unspecified atom stereocenters. The number of nitrogens with one attached hydrogen (secondary N) is 1. The minimum Gasteiger partial charge on any atom is -0.307 e. The van der Waals surface area contributed by atoms with Crippen molar-refractivity contribution in [1.29, 1.82) is 0 Å². The summed E-state index contributed by atoms with van der Waals surface area (Å²) in [4.78, 5) is 9.48. The standard InChI is InChI=1S/C14H21N3S/c1-2-12-11-7-15-8-13(11)17-14(16-12)9-18-10-5-3-4-6-10/h10,15H,2-9H2,1H3. The van der Waals surface area contributed by atoms with E-state index in [1.165, 1.54) is 42.6 Å². The molecule has 3 nitrogen and oxygen atoms in total. The molecule has 1 aliphatic heterocycles. The maximum absolute atomic E-state index is 4.75. The second-order valence-corrected chi connectivity index (χ2v) is 6.48. The fourth-order valence-electron chi connectivity index (χ4n) is 2.90. The molecule has 0 aromatic carbocycles. The Bertz CT molecular complexity index is 427. The smallest absolute Gasteiger partial charge is 0.138 e. The fraction of sp³-hybridized carbons (Fsp3) is 0.714. The zero-order valence-corrected chi connectivity index (χ0v) is 11.9. The molecule has 3 rings (SSSR count). The number of nitrogens with zero attached hydrogens (tertiary/aromatic N) is 2. The SMILES string of the molecule is CCc1nc(CSC2CCCC2)nc2c1CNC2. The summed E-state index contributed by atoms with van der Waals surface area (Å²) in [5.41, 5.74) is 3.85. The van der Waals surface area contributed by atoms with Gasteiger partial charge in [-0.25, -0.2) is 9.97 Å². The zero-order chi connectivity index (χ0) is 12.4. The van der Waals surface area contributed by atoms with Crippen molar-refractivity contribution >= 4 is 11.8 Å². The Kier molecular flexibility index (Phi) is 3.85. The van der Waals surface area contributed by atoms with Gasteiger partial charge in [-0.2, -0.15) is 11.8 Å². The summed E-state index contributed by atoms with van der Waals surface area (Å²) < 4.78 is 0. The van der Waals surface area contributed by atoms with E-state index in [9.17, 15) is 0 Å². The highest BCUT2D eigenvalue weighted by Gasteiger charge is 2.19. The molecule has 18 heavy (non-hydrogen) atoms. The Morgan fingerprint density at radius 1 is 1.22 bits per heavy atom. The minimum absolute atomic E-state index is 0.852. The maximum Gasteiger partial charge on any atom is 0.138 e. The van der Waals surface area contributed by atoms with Gasteiger partial charge in [-0.15, -0.1) is 0 Å². The highest BCUT2D eigenvalue weighted by Crippen LogP contribution is 2.31. The molecule has 4 heteroatoms. The summed E-state index contributed by atoms with van der Waals surface area (Å²) in [6.07, 6.45) is 6.61. The fourth-order valence-corrected chi connectivity index (χ4v) is 4.08. The molecule has 2 heterocycles. The van der Waals surface area contributed by atoms with Crippen molar-refractivity contribution in [3.8, 4) is 0 Å². The predicted octanol–water partition coefficient (Wildman–Crippen LogP) is 2.82. The van der Waals surface area contributed by atoms with Crippen LogP contribution in [0.2, 0.25) is 0 Å². The zero-order valence-electron chi connectivity index (χ0n) is 11.0. The van der Waals surface area contributed by atoms with Gasteiger partial charge in [-0.3, -0.25) is 0 Å². The number of aromatic nitrogens is 2. The summed E-state index contributed by atoms with van der Waals surface area (Å²) in [5.74, 6) is 2.04. The lowest BCUT2D eigenvalue weighted by molar-refractivity contribution is 0.755. The summed E-state index contributed by atoms with van der Waals surface area (Å²) in [6, 6.07) is 0. The predicted molar refractivity (Wildman–Crippen MR) is 75.5 cm³/mol. The first-order valence-electron chi connectivity index (χ1n) is 7.06. The van der Waals surface area contributed by atoms with E-state index in [1.54, 1.807) is 0 Å². The van der Waals surface area contributed by atoms with Gasteiger partial charge in [0.25, 0.3) is 0 Å². The molecule has 0 amide bonds. The van der Waals surface area contributed by atoms with Gasteiger partial charge in [-0.05, 0) is 19.3 Å². The number of fused-ring (bicyclic) bond motifs is 1. The highest BCUT2D eigenvalue weighted by atomic mass is 32.2. The summed E-state index contributed by atoms with van der Waals surface area (Å²) in [5, 5.41) is 4.23. The number of aryl methyl sites for hydroxylation is 1. The Labute approximate surface area is 113 Å². The second kappa shape index (κ2) is 5.57. The third kappa shape index (κ3) is 2.54. The summed E-state index contributed by atoms with van der Waals surface area (Å²) in [7, 11) is 0. The molecule has 1 fully saturated rings. The van der Waals surface area contributed by atoms with Crippen LogP contribution in [-0.4, -0.2) is 15.2 Å². The van der Waals surface area contributed by atoms with Gasteiger partial charge < -0.3 is 5.32 Å². The van der Waals surface area contributed by atoms with E-state index in [0.717, 1.165) is 36.3 Å². The van der Waals surface area contributed by atoms with Crippen LogP contribution >= 0.6 is 11.8 Å². The largest absolute Gasteiger partial charge is 0.307 e. The Balaban J connectivity index is 1.71. The van der Waals surface area contributed by atoms with E-state index in [-0.39, 0.29) is 0 Å². The topological polar surface area (TPSA) is 37.8 Å². The van der Waals surface area contributed by atoms with Gasteiger partial charge in [0.2, 0.25) is 0 Å². The van der Waals surface area contributed by atoms with Crippen LogP contribution < -0.4 is 5.32 Å². The lowest BCUT2D eigenvalue weighted by Gasteiger charge is -2.10. The molecule has 1 aromatic heterocycles. The van der Waals surface area contributed by atoms with E-state index in [1.807, 2.05) is 0 Å². The molecule has 2 aliphatic rings. The van der Waals surface area contributed by atoms with Gasteiger partial charge in [-0.1, -0.05) is 19.8 Å². The summed E-state index contributed by atoms with van der Waals surface area (Å²) in [6.45, 7) is 4.06. The Morgan fingerprint density at radius 2 is 2.06 bits per heavy atom. The molecule has 1 saturated carbocycles. The van der Waals surface area contributed by atoms with E-state index in [2.05, 4.69) is 24.0 Å². The molecule has 0 bridgehead atoms. The Morgan fingerprint density at radius 3 is 2.83 bits per heavy atom. The molecule has 0 radical (unpaired) electrons. The van der Waals surface area contributed by atoms with Crippen LogP contribution in [0, 0.1) is 0 Å². The van der Waals surface area contributed by atoms with Crippen molar-refractivity contribution in [3.05, 3.63) is 22.8 Å². The first-order valence-corrected chi connectivity index (χ1v) is 8.11. The molecular formula is C14H21N3S. The van der Waals surface area contributed by atoms with Crippen molar-refractivity contribution in [1.82, 2.24) is 15.3 Å². The van der Waals surface area contributed by atoms with Crippen molar-refractivity contribution in [2.45, 2.75) is 63.1 Å². The number of hydrogen-bond donors (Lipinski definition) is 1. The van der Waals surface area contributed by atoms with Crippen LogP contribution in [0.3, 0.4) is 0 Å². The molecule has 1 N–H and O–H groups in total. The van der Waals surface area contributed by atoms with Crippen molar-refractivity contribution < 1.29 is 0 Å². The third-order valence-corrected chi connectivity index (χ3v) is 5.27. The Hall–Kier alpha value is -0.610. The quantitative estimate of drug-likeness (QED) is 0.906. The van der Waals surface area contributed by atoms with Crippen LogP contribution in [0.15, 0.2) is 0 Å². The summed E-state index contributed by atoms with van der Waals surface area (Å²) >= 11 is 2.06.